The fraction of sp³-hybridized carbons (Fsp3) is 0.136. The molecule has 0 aromatic heterocycles. The second-order valence-electron chi connectivity index (χ2n) is 6.32. The lowest BCUT2D eigenvalue weighted by Crippen LogP contribution is -2.37. The Hall–Kier alpha value is -2.94. The molecule has 0 saturated heterocycles. The molecule has 2 nitrogen and oxygen atoms in total. The number of rotatable bonds is 3. The van der Waals surface area contributed by atoms with E-state index < -0.39 is 0 Å². The zero-order valence-corrected chi connectivity index (χ0v) is 13.8. The van der Waals surface area contributed by atoms with Gasteiger partial charge in [0.2, 0.25) is 5.91 Å². The molecule has 1 aliphatic rings. The number of anilines is 1. The quantitative estimate of drug-likeness (QED) is 0.616. The second kappa shape index (κ2) is 6.17. The first-order chi connectivity index (χ1) is 12.2. The van der Waals surface area contributed by atoms with Crippen molar-refractivity contribution in [3.8, 4) is 0 Å². The van der Waals surface area contributed by atoms with Crippen LogP contribution in [-0.4, -0.2) is 12.5 Å². The van der Waals surface area contributed by atoms with Crippen molar-refractivity contribution in [1.82, 2.24) is 0 Å². The van der Waals surface area contributed by atoms with Gasteiger partial charge in [-0.15, -0.1) is 6.58 Å². The van der Waals surface area contributed by atoms with E-state index in [1.54, 1.807) is 23.1 Å². The molecule has 3 heteroatoms. The van der Waals surface area contributed by atoms with Gasteiger partial charge in [-0.25, -0.2) is 4.39 Å². The van der Waals surface area contributed by atoms with Gasteiger partial charge < -0.3 is 4.90 Å². The smallest absolute Gasteiger partial charge is 0.228 e. The number of benzene rings is 3. The van der Waals surface area contributed by atoms with Crippen LogP contribution in [0.3, 0.4) is 0 Å². The Kier molecular flexibility index (Phi) is 3.85. The summed E-state index contributed by atoms with van der Waals surface area (Å²) in [4.78, 5) is 14.5. The standard InChI is InChI=1S/C22H18FNO/c1-2-13-24-20-12-9-15-5-3-4-6-18(15)22(20)19(14-21(24)25)16-7-10-17(23)11-8-16/h2-12,19H,1,13-14H2. The summed E-state index contributed by atoms with van der Waals surface area (Å²) in [5.41, 5.74) is 3.01. The van der Waals surface area contributed by atoms with Crippen molar-refractivity contribution < 1.29 is 9.18 Å². The fourth-order valence-electron chi connectivity index (χ4n) is 3.72. The first kappa shape index (κ1) is 15.6. The molecule has 1 atom stereocenters. The highest BCUT2D eigenvalue weighted by Crippen LogP contribution is 2.43. The van der Waals surface area contributed by atoms with E-state index in [-0.39, 0.29) is 17.6 Å². The predicted octanol–water partition coefficient (Wildman–Crippen LogP) is 5.03. The third kappa shape index (κ3) is 2.62. The van der Waals surface area contributed by atoms with Crippen LogP contribution in [0.2, 0.25) is 0 Å². The van der Waals surface area contributed by atoms with Crippen molar-refractivity contribution >= 4 is 22.4 Å². The average Bonchev–Trinajstić information content (AvgIpc) is 2.64. The first-order valence-electron chi connectivity index (χ1n) is 8.37. The molecule has 0 radical (unpaired) electrons. The van der Waals surface area contributed by atoms with Crippen LogP contribution in [-0.2, 0) is 4.79 Å². The summed E-state index contributed by atoms with van der Waals surface area (Å²) in [7, 11) is 0. The highest BCUT2D eigenvalue weighted by molar-refractivity contribution is 6.03. The molecule has 0 aliphatic carbocycles. The van der Waals surface area contributed by atoms with Crippen LogP contribution >= 0.6 is 0 Å². The molecular formula is C22H18FNO. The van der Waals surface area contributed by atoms with E-state index in [2.05, 4.69) is 18.7 Å². The van der Waals surface area contributed by atoms with E-state index in [1.807, 2.05) is 24.3 Å². The Labute approximate surface area is 146 Å². The van der Waals surface area contributed by atoms with Gasteiger partial charge in [-0.3, -0.25) is 4.79 Å². The lowest BCUT2D eigenvalue weighted by Gasteiger charge is -2.35. The lowest BCUT2D eigenvalue weighted by atomic mass is 9.81. The maximum absolute atomic E-state index is 13.4. The maximum Gasteiger partial charge on any atom is 0.228 e. The largest absolute Gasteiger partial charge is 0.308 e. The van der Waals surface area contributed by atoms with Crippen LogP contribution < -0.4 is 4.90 Å². The summed E-state index contributed by atoms with van der Waals surface area (Å²) in [5, 5.41) is 2.28. The van der Waals surface area contributed by atoms with Crippen molar-refractivity contribution in [3.05, 3.63) is 90.3 Å². The highest BCUT2D eigenvalue weighted by Gasteiger charge is 2.33. The SMILES string of the molecule is C=CCN1C(=O)CC(c2ccc(F)cc2)c2c1ccc1ccccc21. The Morgan fingerprint density at radius 3 is 2.60 bits per heavy atom. The van der Waals surface area contributed by atoms with Gasteiger partial charge in [0.25, 0.3) is 0 Å². The molecule has 25 heavy (non-hydrogen) atoms. The minimum atomic E-state index is -0.266. The van der Waals surface area contributed by atoms with Crippen molar-refractivity contribution in [2.75, 3.05) is 11.4 Å². The summed E-state index contributed by atoms with van der Waals surface area (Å²) in [5.74, 6) is -0.274. The number of nitrogens with zero attached hydrogens (tertiary/aromatic N) is 1. The molecule has 1 amide bonds. The molecule has 1 unspecified atom stereocenters. The molecule has 3 aromatic carbocycles. The van der Waals surface area contributed by atoms with Crippen molar-refractivity contribution in [3.63, 3.8) is 0 Å². The third-order valence-corrected chi connectivity index (χ3v) is 4.85. The summed E-state index contributed by atoms with van der Waals surface area (Å²) in [6.45, 7) is 4.26. The van der Waals surface area contributed by atoms with Crippen LogP contribution in [0.25, 0.3) is 10.8 Å². The predicted molar refractivity (Wildman–Crippen MR) is 99.4 cm³/mol. The second-order valence-corrected chi connectivity index (χ2v) is 6.32. The Morgan fingerprint density at radius 1 is 1.08 bits per heavy atom. The summed E-state index contributed by atoms with van der Waals surface area (Å²) in [6.07, 6.45) is 2.12. The number of halogens is 1. The van der Waals surface area contributed by atoms with E-state index in [4.69, 9.17) is 0 Å². The Morgan fingerprint density at radius 2 is 1.84 bits per heavy atom. The van der Waals surface area contributed by atoms with E-state index in [0.717, 1.165) is 27.6 Å². The maximum atomic E-state index is 13.4. The molecule has 4 rings (SSSR count). The van der Waals surface area contributed by atoms with E-state index in [0.29, 0.717) is 13.0 Å². The highest BCUT2D eigenvalue weighted by atomic mass is 19.1. The lowest BCUT2D eigenvalue weighted by molar-refractivity contribution is -0.119. The average molecular weight is 331 g/mol. The Balaban J connectivity index is 1.97. The number of hydrogen-bond acceptors (Lipinski definition) is 1. The van der Waals surface area contributed by atoms with E-state index >= 15 is 0 Å². The van der Waals surface area contributed by atoms with Crippen molar-refractivity contribution in [2.45, 2.75) is 12.3 Å². The minimum Gasteiger partial charge on any atom is -0.308 e. The molecule has 0 spiro atoms. The van der Waals surface area contributed by atoms with Gasteiger partial charge in [0, 0.05) is 24.6 Å². The molecule has 1 heterocycles. The molecule has 124 valence electrons. The molecule has 0 saturated carbocycles. The normalized spacial score (nSPS) is 16.8. The zero-order valence-electron chi connectivity index (χ0n) is 13.8. The molecule has 3 aromatic rings. The van der Waals surface area contributed by atoms with Crippen molar-refractivity contribution in [1.29, 1.82) is 0 Å². The van der Waals surface area contributed by atoms with Crippen molar-refractivity contribution in [2.24, 2.45) is 0 Å². The number of fused-ring (bicyclic) bond motifs is 3. The van der Waals surface area contributed by atoms with Crippen LogP contribution in [0, 0.1) is 5.82 Å². The number of hydrogen-bond donors (Lipinski definition) is 0. The fourth-order valence-corrected chi connectivity index (χ4v) is 3.72. The van der Waals surface area contributed by atoms with Gasteiger partial charge in [0.15, 0.2) is 0 Å². The molecule has 0 N–H and O–H groups in total. The zero-order chi connectivity index (χ0) is 17.4. The number of carbonyl (C=O) groups is 1. The Bertz CT molecular complexity index is 961. The molecule has 1 aliphatic heterocycles. The first-order valence-corrected chi connectivity index (χ1v) is 8.37. The molecular weight excluding hydrogens is 313 g/mol. The van der Waals surface area contributed by atoms with Gasteiger partial charge >= 0.3 is 0 Å². The van der Waals surface area contributed by atoms with Gasteiger partial charge in [-0.1, -0.05) is 48.5 Å². The van der Waals surface area contributed by atoms with Gasteiger partial charge in [0.1, 0.15) is 5.82 Å². The minimum absolute atomic E-state index is 0.0667. The summed E-state index contributed by atoms with van der Waals surface area (Å²) in [6, 6.07) is 18.7. The van der Waals surface area contributed by atoms with Crippen LogP contribution in [0.5, 0.6) is 0 Å². The van der Waals surface area contributed by atoms with E-state index in [1.165, 1.54) is 12.1 Å². The topological polar surface area (TPSA) is 20.3 Å². The van der Waals surface area contributed by atoms with E-state index in [9.17, 15) is 9.18 Å². The summed E-state index contributed by atoms with van der Waals surface area (Å²) < 4.78 is 13.4. The molecule has 0 bridgehead atoms. The summed E-state index contributed by atoms with van der Waals surface area (Å²) >= 11 is 0. The van der Waals surface area contributed by atoms with Crippen LogP contribution in [0.1, 0.15) is 23.5 Å². The molecule has 0 fully saturated rings. The third-order valence-electron chi connectivity index (χ3n) is 4.85. The number of carbonyl (C=O) groups excluding carboxylic acids is 1. The van der Waals surface area contributed by atoms with Gasteiger partial charge in [0.05, 0.1) is 0 Å². The van der Waals surface area contributed by atoms with Gasteiger partial charge in [-0.05, 0) is 40.1 Å². The van der Waals surface area contributed by atoms with Crippen LogP contribution in [0.4, 0.5) is 10.1 Å². The monoisotopic (exact) mass is 331 g/mol. The van der Waals surface area contributed by atoms with Crippen LogP contribution in [0.15, 0.2) is 73.3 Å². The van der Waals surface area contributed by atoms with Gasteiger partial charge in [-0.2, -0.15) is 0 Å². The number of amides is 1.